The number of nitrogens with zero attached hydrogens (tertiary/aromatic N) is 1. The summed E-state index contributed by atoms with van der Waals surface area (Å²) in [6.45, 7) is 5.90. The summed E-state index contributed by atoms with van der Waals surface area (Å²) in [6.07, 6.45) is 0.892. The topological polar surface area (TPSA) is 68.1 Å². The highest BCUT2D eigenvalue weighted by Crippen LogP contribution is 2.34. The Bertz CT molecular complexity index is 464. The lowest BCUT2D eigenvalue weighted by Gasteiger charge is -2.20. The van der Waals surface area contributed by atoms with Gasteiger partial charge >= 0.3 is 8.25 Å². The molecule has 116 valence electrons. The van der Waals surface area contributed by atoms with Gasteiger partial charge < -0.3 is 5.21 Å². The molecule has 0 spiro atoms. The Balaban J connectivity index is 2.88. The molecule has 0 saturated carbocycles. The van der Waals surface area contributed by atoms with Crippen LogP contribution in [-0.2, 0) is 13.6 Å². The predicted octanol–water partition coefficient (Wildman–Crippen LogP) is 4.50. The zero-order chi connectivity index (χ0) is 15.7. The molecule has 0 amide bonds. The minimum atomic E-state index is -2.13. The van der Waals surface area contributed by atoms with Crippen LogP contribution in [0.5, 0.6) is 0 Å². The maximum absolute atomic E-state index is 11.6. The van der Waals surface area contributed by atoms with E-state index < -0.39 is 8.25 Å². The molecule has 21 heavy (non-hydrogen) atoms. The smallest absolute Gasteiger partial charge is 0.411 e. The summed E-state index contributed by atoms with van der Waals surface area (Å²) in [4.78, 5) is 0. The summed E-state index contributed by atoms with van der Waals surface area (Å²) in [5.41, 5.74) is 1.74. The quantitative estimate of drug-likeness (QED) is 0.315. The molecule has 3 unspecified atom stereocenters. The predicted molar refractivity (Wildman–Crippen MR) is 83.1 cm³/mol. The molecule has 1 rings (SSSR count). The first-order valence-corrected chi connectivity index (χ1v) is 8.23. The van der Waals surface area contributed by atoms with Crippen LogP contribution in [0.25, 0.3) is 0 Å². The van der Waals surface area contributed by atoms with Crippen molar-refractivity contribution in [3.63, 3.8) is 0 Å². The van der Waals surface area contributed by atoms with Crippen molar-refractivity contribution in [3.05, 3.63) is 35.9 Å². The fourth-order valence-electron chi connectivity index (χ4n) is 2.11. The molecular weight excluding hydrogens is 289 g/mol. The molecule has 0 aliphatic heterocycles. The van der Waals surface area contributed by atoms with Crippen LogP contribution in [0.4, 0.5) is 0 Å². The molecule has 0 aliphatic rings. The van der Waals surface area contributed by atoms with Crippen LogP contribution in [-0.4, -0.2) is 23.6 Å². The van der Waals surface area contributed by atoms with Gasteiger partial charge in [0.25, 0.3) is 0 Å². The summed E-state index contributed by atoms with van der Waals surface area (Å²) >= 11 is 0. The van der Waals surface area contributed by atoms with Crippen molar-refractivity contribution in [2.45, 2.75) is 45.6 Å². The average Bonchev–Trinajstić information content (AvgIpc) is 2.49. The molecule has 0 bridgehead atoms. The molecular formula is C15H23NO4P+. The number of benzene rings is 1. The van der Waals surface area contributed by atoms with E-state index in [0.717, 1.165) is 5.56 Å². The second-order valence-corrected chi connectivity index (χ2v) is 5.61. The Hall–Kier alpha value is -1.29. The summed E-state index contributed by atoms with van der Waals surface area (Å²) in [7, 11) is -2.13. The van der Waals surface area contributed by atoms with Crippen LogP contribution in [0, 0.1) is 0 Å². The van der Waals surface area contributed by atoms with Gasteiger partial charge in [0.05, 0.1) is 5.71 Å². The lowest BCUT2D eigenvalue weighted by atomic mass is 9.88. The van der Waals surface area contributed by atoms with Crippen LogP contribution in [0.15, 0.2) is 35.5 Å². The summed E-state index contributed by atoms with van der Waals surface area (Å²) in [5.74, 6) is -0.0449. The molecule has 5 nitrogen and oxygen atoms in total. The SMILES string of the molecule is CCO[P+](=O)OC(C)C(CC(CC)=NO)c1ccccc1. The van der Waals surface area contributed by atoms with Crippen LogP contribution in [0.2, 0.25) is 0 Å². The van der Waals surface area contributed by atoms with Gasteiger partial charge in [-0.1, -0.05) is 42.4 Å². The van der Waals surface area contributed by atoms with E-state index in [1.54, 1.807) is 6.92 Å². The zero-order valence-electron chi connectivity index (χ0n) is 12.7. The third-order valence-electron chi connectivity index (χ3n) is 3.29. The van der Waals surface area contributed by atoms with Crippen molar-refractivity contribution < 1.29 is 18.8 Å². The largest absolute Gasteiger partial charge is 0.697 e. The zero-order valence-corrected chi connectivity index (χ0v) is 13.6. The first-order chi connectivity index (χ1) is 10.1. The molecule has 1 N–H and O–H groups in total. The fourth-order valence-corrected chi connectivity index (χ4v) is 2.80. The Morgan fingerprint density at radius 3 is 2.52 bits per heavy atom. The Morgan fingerprint density at radius 1 is 1.33 bits per heavy atom. The lowest BCUT2D eigenvalue weighted by molar-refractivity contribution is 0.158. The van der Waals surface area contributed by atoms with E-state index in [4.69, 9.17) is 14.3 Å². The van der Waals surface area contributed by atoms with E-state index in [9.17, 15) is 4.57 Å². The monoisotopic (exact) mass is 312 g/mol. The van der Waals surface area contributed by atoms with Gasteiger partial charge in [0.15, 0.2) is 0 Å². The second kappa shape index (κ2) is 9.61. The lowest BCUT2D eigenvalue weighted by Crippen LogP contribution is -2.20. The van der Waals surface area contributed by atoms with Crippen molar-refractivity contribution in [3.8, 4) is 0 Å². The maximum atomic E-state index is 11.6. The normalized spacial score (nSPS) is 15.6. The van der Waals surface area contributed by atoms with Crippen LogP contribution >= 0.6 is 8.25 Å². The summed E-state index contributed by atoms with van der Waals surface area (Å²) in [5, 5.41) is 12.4. The van der Waals surface area contributed by atoms with Gasteiger partial charge in [-0.2, -0.15) is 0 Å². The molecule has 1 aromatic carbocycles. The second-order valence-electron chi connectivity index (χ2n) is 4.69. The Labute approximate surface area is 126 Å². The highest BCUT2D eigenvalue weighted by atomic mass is 31.1. The fraction of sp³-hybridized carbons (Fsp3) is 0.533. The highest BCUT2D eigenvalue weighted by molar-refractivity contribution is 7.33. The maximum Gasteiger partial charge on any atom is 0.697 e. The van der Waals surface area contributed by atoms with E-state index in [0.29, 0.717) is 25.2 Å². The van der Waals surface area contributed by atoms with Crippen molar-refractivity contribution in [1.82, 2.24) is 0 Å². The van der Waals surface area contributed by atoms with Gasteiger partial charge in [0.2, 0.25) is 0 Å². The molecule has 0 saturated heterocycles. The van der Waals surface area contributed by atoms with Crippen LogP contribution in [0.3, 0.4) is 0 Å². The van der Waals surface area contributed by atoms with Crippen molar-refractivity contribution >= 4 is 14.0 Å². The molecule has 6 heteroatoms. The summed E-state index contributed by atoms with van der Waals surface area (Å²) in [6, 6.07) is 9.80. The standard InChI is InChI=1S/C15H22NO4P/c1-4-14(16-17)11-15(13-9-7-6-8-10-13)12(3)20-21(18)19-5-2/h6-10,12,15H,4-5,11H2,1-3H3/p+1. The molecule has 0 aromatic heterocycles. The van der Waals surface area contributed by atoms with Gasteiger partial charge in [0.1, 0.15) is 12.7 Å². The van der Waals surface area contributed by atoms with Crippen molar-refractivity contribution in [2.75, 3.05) is 6.61 Å². The number of oxime groups is 1. The molecule has 0 heterocycles. The van der Waals surface area contributed by atoms with E-state index in [1.165, 1.54) is 0 Å². The third kappa shape index (κ3) is 5.92. The Morgan fingerprint density at radius 2 is 2.00 bits per heavy atom. The molecule has 1 aromatic rings. The van der Waals surface area contributed by atoms with Gasteiger partial charge in [-0.3, -0.25) is 0 Å². The van der Waals surface area contributed by atoms with Gasteiger partial charge in [0, 0.05) is 10.5 Å². The molecule has 0 fully saturated rings. The van der Waals surface area contributed by atoms with E-state index in [2.05, 4.69) is 5.16 Å². The van der Waals surface area contributed by atoms with Crippen molar-refractivity contribution in [1.29, 1.82) is 0 Å². The van der Waals surface area contributed by atoms with E-state index in [-0.39, 0.29) is 12.0 Å². The summed E-state index contributed by atoms with van der Waals surface area (Å²) < 4.78 is 22.0. The number of hydrogen-bond donors (Lipinski definition) is 1. The van der Waals surface area contributed by atoms with Gasteiger partial charge in [-0.15, -0.1) is 9.05 Å². The average molecular weight is 312 g/mol. The van der Waals surface area contributed by atoms with Crippen LogP contribution < -0.4 is 0 Å². The molecule has 0 aliphatic carbocycles. The minimum Gasteiger partial charge on any atom is -0.411 e. The first-order valence-electron chi connectivity index (χ1n) is 7.14. The third-order valence-corrected chi connectivity index (χ3v) is 4.26. The molecule has 3 atom stereocenters. The van der Waals surface area contributed by atoms with E-state index >= 15 is 0 Å². The van der Waals surface area contributed by atoms with Gasteiger partial charge in [-0.05, 0) is 32.3 Å². The molecule has 0 radical (unpaired) electrons. The van der Waals surface area contributed by atoms with Gasteiger partial charge in [-0.25, -0.2) is 0 Å². The van der Waals surface area contributed by atoms with Crippen molar-refractivity contribution in [2.24, 2.45) is 5.16 Å². The van der Waals surface area contributed by atoms with E-state index in [1.807, 2.05) is 44.2 Å². The first kappa shape index (κ1) is 17.8. The number of rotatable bonds is 9. The highest BCUT2D eigenvalue weighted by Gasteiger charge is 2.31. The minimum absolute atomic E-state index is 0.0449. The Kier molecular flexibility index (Phi) is 8.13. The van der Waals surface area contributed by atoms with Crippen LogP contribution in [0.1, 0.15) is 45.1 Å². The number of hydrogen-bond acceptors (Lipinski definition) is 5.